The molecule has 0 aromatic heterocycles. The minimum absolute atomic E-state index is 0.0131. The lowest BCUT2D eigenvalue weighted by atomic mass is 10.00. The molecule has 0 radical (unpaired) electrons. The number of rotatable bonds is 4. The van der Waals surface area contributed by atoms with Crippen LogP contribution < -0.4 is 4.90 Å². The van der Waals surface area contributed by atoms with Gasteiger partial charge in [-0.25, -0.2) is 0 Å². The Morgan fingerprint density at radius 2 is 1.96 bits per heavy atom. The molecule has 1 heterocycles. The molecule has 5 nitrogen and oxygen atoms in total. The van der Waals surface area contributed by atoms with Crippen LogP contribution in [0.25, 0.3) is 11.6 Å². The maximum Gasteiger partial charge on any atom is 0.270 e. The van der Waals surface area contributed by atoms with E-state index in [0.717, 1.165) is 24.2 Å². The first-order chi connectivity index (χ1) is 12.6. The topological polar surface area (TPSA) is 70.2 Å². The third-order valence-electron chi connectivity index (χ3n) is 4.76. The number of hydrogen-bond acceptors (Lipinski definition) is 4. The number of nitro benzene ring substituents is 1. The van der Waals surface area contributed by atoms with Gasteiger partial charge >= 0.3 is 0 Å². The Hall–Kier alpha value is -3.13. The Bertz CT molecular complexity index is 890. The molecule has 26 heavy (non-hydrogen) atoms. The van der Waals surface area contributed by atoms with Gasteiger partial charge in [0.1, 0.15) is 0 Å². The van der Waals surface area contributed by atoms with Gasteiger partial charge in [-0.2, -0.15) is 5.26 Å². The summed E-state index contributed by atoms with van der Waals surface area (Å²) in [5, 5.41) is 20.5. The van der Waals surface area contributed by atoms with Crippen molar-refractivity contribution in [1.29, 1.82) is 5.26 Å². The van der Waals surface area contributed by atoms with Crippen LogP contribution >= 0.6 is 0 Å². The van der Waals surface area contributed by atoms with Crippen molar-refractivity contribution in [2.75, 3.05) is 18.0 Å². The average Bonchev–Trinajstić information content (AvgIpc) is 2.67. The largest absolute Gasteiger partial charge is 0.372 e. The van der Waals surface area contributed by atoms with Gasteiger partial charge in [-0.15, -0.1) is 0 Å². The van der Waals surface area contributed by atoms with Crippen molar-refractivity contribution in [2.45, 2.75) is 26.2 Å². The summed E-state index contributed by atoms with van der Waals surface area (Å²) >= 11 is 0. The van der Waals surface area contributed by atoms with E-state index in [4.69, 9.17) is 0 Å². The summed E-state index contributed by atoms with van der Waals surface area (Å²) in [6, 6.07) is 14.6. The lowest BCUT2D eigenvalue weighted by Gasteiger charge is -2.29. The number of aryl methyl sites for hydroxylation is 1. The molecule has 0 atom stereocenters. The molecule has 2 aromatic rings. The molecule has 1 aliphatic rings. The first kappa shape index (κ1) is 17.7. The summed E-state index contributed by atoms with van der Waals surface area (Å²) in [4.78, 5) is 12.9. The van der Waals surface area contributed by atoms with E-state index in [9.17, 15) is 15.4 Å². The van der Waals surface area contributed by atoms with E-state index < -0.39 is 4.92 Å². The number of hydrogen-bond donors (Lipinski definition) is 0. The lowest BCUT2D eigenvalue weighted by molar-refractivity contribution is -0.384. The Balaban J connectivity index is 1.91. The third-order valence-corrected chi connectivity index (χ3v) is 4.76. The average molecular weight is 347 g/mol. The Morgan fingerprint density at radius 3 is 2.62 bits per heavy atom. The zero-order chi connectivity index (χ0) is 18.5. The molecule has 5 heteroatoms. The van der Waals surface area contributed by atoms with E-state index in [2.05, 4.69) is 23.1 Å². The smallest absolute Gasteiger partial charge is 0.270 e. The molecule has 0 aliphatic carbocycles. The van der Waals surface area contributed by atoms with E-state index in [0.29, 0.717) is 11.1 Å². The standard InChI is InChI=1S/C21H21N3O2/c1-16-12-20(23-10-3-2-4-11-23)9-8-17(16)13-19(15-22)18-6-5-7-21(14-18)24(25)26/h5-9,12-14H,2-4,10-11H2,1H3/b19-13-. The van der Waals surface area contributed by atoms with Gasteiger partial charge in [0, 0.05) is 30.9 Å². The minimum Gasteiger partial charge on any atom is -0.372 e. The van der Waals surface area contributed by atoms with Gasteiger partial charge in [-0.3, -0.25) is 10.1 Å². The minimum atomic E-state index is -0.447. The summed E-state index contributed by atoms with van der Waals surface area (Å²) in [5.74, 6) is 0. The second-order valence-corrected chi connectivity index (χ2v) is 6.57. The quantitative estimate of drug-likeness (QED) is 0.339. The molecule has 0 unspecified atom stereocenters. The predicted octanol–water partition coefficient (Wildman–Crippen LogP) is 4.96. The molecule has 0 bridgehead atoms. The molecule has 1 saturated heterocycles. The highest BCUT2D eigenvalue weighted by atomic mass is 16.6. The van der Waals surface area contributed by atoms with Crippen LogP contribution in [-0.4, -0.2) is 18.0 Å². The van der Waals surface area contributed by atoms with Crippen molar-refractivity contribution >= 4 is 23.0 Å². The van der Waals surface area contributed by atoms with Crippen LogP contribution in [0.15, 0.2) is 42.5 Å². The number of allylic oxidation sites excluding steroid dienone is 1. The monoisotopic (exact) mass is 347 g/mol. The van der Waals surface area contributed by atoms with Gasteiger partial charge < -0.3 is 4.90 Å². The summed E-state index contributed by atoms with van der Waals surface area (Å²) in [7, 11) is 0. The fourth-order valence-corrected chi connectivity index (χ4v) is 3.29. The Labute approximate surface area is 153 Å². The number of nitriles is 1. The fraction of sp³-hybridized carbons (Fsp3) is 0.286. The van der Waals surface area contributed by atoms with Crippen molar-refractivity contribution in [3.05, 3.63) is 69.3 Å². The Morgan fingerprint density at radius 1 is 1.19 bits per heavy atom. The number of nitrogens with zero attached hydrogens (tertiary/aromatic N) is 3. The molecule has 0 spiro atoms. The molecule has 3 rings (SSSR count). The zero-order valence-electron chi connectivity index (χ0n) is 14.8. The van der Waals surface area contributed by atoms with Crippen LogP contribution in [0.1, 0.15) is 36.0 Å². The first-order valence-electron chi connectivity index (χ1n) is 8.81. The molecule has 0 N–H and O–H groups in total. The highest BCUT2D eigenvalue weighted by molar-refractivity contribution is 5.90. The van der Waals surface area contributed by atoms with Crippen LogP contribution in [-0.2, 0) is 0 Å². The number of nitro groups is 1. The molecular formula is C21H21N3O2. The molecule has 132 valence electrons. The van der Waals surface area contributed by atoms with Gasteiger partial charge in [0.05, 0.1) is 16.6 Å². The van der Waals surface area contributed by atoms with Crippen LogP contribution in [0.4, 0.5) is 11.4 Å². The van der Waals surface area contributed by atoms with Gasteiger partial charge in [0.15, 0.2) is 0 Å². The molecule has 0 saturated carbocycles. The maximum atomic E-state index is 11.0. The lowest BCUT2D eigenvalue weighted by Crippen LogP contribution is -2.29. The van der Waals surface area contributed by atoms with E-state index in [1.54, 1.807) is 18.2 Å². The second kappa shape index (κ2) is 7.83. The van der Waals surface area contributed by atoms with Crippen molar-refractivity contribution in [3.63, 3.8) is 0 Å². The van der Waals surface area contributed by atoms with Gasteiger partial charge in [0.25, 0.3) is 5.69 Å². The van der Waals surface area contributed by atoms with E-state index in [1.165, 1.54) is 37.1 Å². The van der Waals surface area contributed by atoms with Gasteiger partial charge in [0.2, 0.25) is 0 Å². The number of benzene rings is 2. The molecule has 2 aromatic carbocycles. The van der Waals surface area contributed by atoms with Gasteiger partial charge in [-0.05, 0) is 61.1 Å². The summed E-state index contributed by atoms with van der Waals surface area (Å²) in [6.07, 6.45) is 5.55. The highest BCUT2D eigenvalue weighted by Gasteiger charge is 2.12. The maximum absolute atomic E-state index is 11.0. The number of anilines is 1. The van der Waals surface area contributed by atoms with Crippen LogP contribution in [0.5, 0.6) is 0 Å². The summed E-state index contributed by atoms with van der Waals surface area (Å²) < 4.78 is 0. The summed E-state index contributed by atoms with van der Waals surface area (Å²) in [6.45, 7) is 4.21. The third kappa shape index (κ3) is 3.92. The van der Waals surface area contributed by atoms with Crippen LogP contribution in [0.3, 0.4) is 0 Å². The van der Waals surface area contributed by atoms with Crippen molar-refractivity contribution in [1.82, 2.24) is 0 Å². The SMILES string of the molecule is Cc1cc(N2CCCCC2)ccc1/C=C(/C#N)c1cccc([N+](=O)[O-])c1. The molecular weight excluding hydrogens is 326 g/mol. The normalized spacial score (nSPS) is 14.8. The Kier molecular flexibility index (Phi) is 5.33. The van der Waals surface area contributed by atoms with E-state index >= 15 is 0 Å². The zero-order valence-corrected chi connectivity index (χ0v) is 14.8. The molecule has 0 amide bonds. The molecule has 1 fully saturated rings. The first-order valence-corrected chi connectivity index (χ1v) is 8.81. The molecule has 1 aliphatic heterocycles. The van der Waals surface area contributed by atoms with Crippen molar-refractivity contribution in [3.8, 4) is 6.07 Å². The summed E-state index contributed by atoms with van der Waals surface area (Å²) in [5.41, 5.74) is 4.22. The highest BCUT2D eigenvalue weighted by Crippen LogP contribution is 2.26. The van der Waals surface area contributed by atoms with Crippen molar-refractivity contribution < 1.29 is 4.92 Å². The van der Waals surface area contributed by atoms with Gasteiger partial charge in [-0.1, -0.05) is 18.2 Å². The predicted molar refractivity (Wildman–Crippen MR) is 104 cm³/mol. The van der Waals surface area contributed by atoms with Crippen molar-refractivity contribution in [2.24, 2.45) is 0 Å². The van der Waals surface area contributed by atoms with E-state index in [-0.39, 0.29) is 5.69 Å². The number of piperidine rings is 1. The second-order valence-electron chi connectivity index (χ2n) is 6.57. The van der Waals surface area contributed by atoms with Crippen LogP contribution in [0.2, 0.25) is 0 Å². The van der Waals surface area contributed by atoms with E-state index in [1.807, 2.05) is 13.0 Å². The van der Waals surface area contributed by atoms with Crippen LogP contribution in [0, 0.1) is 28.4 Å². The fourth-order valence-electron chi connectivity index (χ4n) is 3.29. The number of non-ortho nitro benzene ring substituents is 1.